The van der Waals surface area contributed by atoms with E-state index in [1.165, 1.54) is 17.9 Å². The molecule has 0 aromatic heterocycles. The lowest BCUT2D eigenvalue weighted by Crippen LogP contribution is -2.45. The Kier molecular flexibility index (Phi) is 11.9. The SMILES string of the molecule is CC1=CCC(C(F)(F)F)=CC(C(F)(F)F)=C1.CCOC(=O)N1c2ccc(C(F)(F)F)cc2C(CF)CC1CC.N. The van der Waals surface area contributed by atoms with Crippen molar-refractivity contribution in [1.29, 1.82) is 0 Å². The Bertz CT molecular complexity index is 1120. The minimum Gasteiger partial charge on any atom is -0.449 e. The summed E-state index contributed by atoms with van der Waals surface area (Å²) in [6.45, 7) is 4.23. The molecule has 40 heavy (non-hydrogen) atoms. The lowest BCUT2D eigenvalue weighted by Gasteiger charge is -2.39. The summed E-state index contributed by atoms with van der Waals surface area (Å²) in [6, 6.07) is 2.80. The van der Waals surface area contributed by atoms with E-state index in [0.29, 0.717) is 18.2 Å². The first-order chi connectivity index (χ1) is 17.9. The van der Waals surface area contributed by atoms with Crippen LogP contribution in [0.25, 0.3) is 0 Å². The average molecular weight is 593 g/mol. The Balaban J connectivity index is 0.000000416. The molecule has 2 atom stereocenters. The molecule has 0 radical (unpaired) electrons. The van der Waals surface area contributed by atoms with E-state index in [1.54, 1.807) is 6.92 Å². The standard InChI is InChI=1S/C16H19F4NO2.C10H8F6.H3N/c1-3-12-7-10(9-17)13-8-11(16(18,19)20)5-6-14(13)21(12)15(22)23-4-2;1-6-2-3-7(9(11,12)13)5-8(4-6)10(14,15)16;/h5-6,8,10,12H,3-4,7,9H2,1-2H3;2,4-5H,3H2,1H3;1H3. The van der Waals surface area contributed by atoms with Crippen molar-refractivity contribution in [3.8, 4) is 0 Å². The van der Waals surface area contributed by atoms with E-state index in [2.05, 4.69) is 0 Å². The van der Waals surface area contributed by atoms with Crippen molar-refractivity contribution in [2.24, 2.45) is 0 Å². The highest BCUT2D eigenvalue weighted by atomic mass is 19.4. The van der Waals surface area contributed by atoms with Crippen molar-refractivity contribution >= 4 is 11.8 Å². The third-order valence-electron chi connectivity index (χ3n) is 6.15. The molecule has 3 rings (SSSR count). The summed E-state index contributed by atoms with van der Waals surface area (Å²) in [5.41, 5.74) is -2.62. The molecule has 2 aliphatic rings. The zero-order chi connectivity index (χ0) is 29.8. The maximum absolute atomic E-state index is 13.4. The third kappa shape index (κ3) is 8.73. The number of carbonyl (C=O) groups is 1. The highest BCUT2D eigenvalue weighted by Crippen LogP contribution is 2.43. The predicted octanol–water partition coefficient (Wildman–Crippen LogP) is 9.38. The van der Waals surface area contributed by atoms with Crippen molar-refractivity contribution in [3.63, 3.8) is 0 Å². The number of hydrogen-bond acceptors (Lipinski definition) is 3. The fourth-order valence-corrected chi connectivity index (χ4v) is 4.20. The molecule has 14 heteroatoms. The molecule has 1 aromatic rings. The quantitative estimate of drug-likeness (QED) is 0.356. The normalized spacial score (nSPS) is 19.5. The summed E-state index contributed by atoms with van der Waals surface area (Å²) in [5, 5.41) is 0. The van der Waals surface area contributed by atoms with Gasteiger partial charge >= 0.3 is 24.6 Å². The molecule has 0 spiro atoms. The van der Waals surface area contributed by atoms with Crippen LogP contribution in [-0.2, 0) is 10.9 Å². The van der Waals surface area contributed by atoms with E-state index in [1.807, 2.05) is 6.92 Å². The van der Waals surface area contributed by atoms with Gasteiger partial charge in [-0.25, -0.2) is 4.79 Å². The maximum atomic E-state index is 13.4. The molecule has 3 N–H and O–H groups in total. The fourth-order valence-electron chi connectivity index (χ4n) is 4.20. The van der Waals surface area contributed by atoms with Gasteiger partial charge in [-0.1, -0.05) is 18.6 Å². The number of rotatable bonds is 3. The zero-order valence-corrected chi connectivity index (χ0v) is 21.9. The molecule has 1 aromatic carbocycles. The number of fused-ring (bicyclic) bond motifs is 1. The van der Waals surface area contributed by atoms with Crippen LogP contribution in [0, 0.1) is 0 Å². The van der Waals surface area contributed by atoms with E-state index >= 15 is 0 Å². The molecule has 0 fully saturated rings. The molecule has 0 bridgehead atoms. The molecule has 1 aliphatic heterocycles. The minimum atomic E-state index is -4.77. The number of carbonyl (C=O) groups excluding carboxylic acids is 1. The second-order valence-corrected chi connectivity index (χ2v) is 8.91. The summed E-state index contributed by atoms with van der Waals surface area (Å²) in [6.07, 6.45) is -12.3. The minimum absolute atomic E-state index is 0. The average Bonchev–Trinajstić information content (AvgIpc) is 3.04. The van der Waals surface area contributed by atoms with Crippen molar-refractivity contribution in [3.05, 3.63) is 64.3 Å². The Hall–Kier alpha value is -3.03. The van der Waals surface area contributed by atoms with E-state index in [9.17, 15) is 48.7 Å². The number of alkyl halides is 10. The third-order valence-corrected chi connectivity index (χ3v) is 6.15. The molecule has 226 valence electrons. The largest absolute Gasteiger partial charge is 0.449 e. The van der Waals surface area contributed by atoms with Crippen LogP contribution in [0.1, 0.15) is 57.1 Å². The fraction of sp³-hybridized carbons (Fsp3) is 0.500. The van der Waals surface area contributed by atoms with Crippen LogP contribution in [0.2, 0.25) is 0 Å². The summed E-state index contributed by atoms with van der Waals surface area (Å²) >= 11 is 0. The smallest absolute Gasteiger partial charge is 0.416 e. The van der Waals surface area contributed by atoms with Gasteiger partial charge in [0.15, 0.2) is 0 Å². The van der Waals surface area contributed by atoms with Crippen molar-refractivity contribution in [2.75, 3.05) is 18.2 Å². The number of hydrogen-bond donors (Lipinski definition) is 1. The van der Waals surface area contributed by atoms with E-state index in [4.69, 9.17) is 4.74 Å². The molecule has 0 saturated carbocycles. The van der Waals surface area contributed by atoms with Crippen LogP contribution < -0.4 is 11.1 Å². The summed E-state index contributed by atoms with van der Waals surface area (Å²) in [5.74, 6) is -0.650. The van der Waals surface area contributed by atoms with Gasteiger partial charge in [0.05, 0.1) is 30.1 Å². The first-order valence-corrected chi connectivity index (χ1v) is 11.9. The number of nitrogens with zero attached hydrogens (tertiary/aromatic N) is 1. The molecule has 1 heterocycles. The number of anilines is 1. The molecule has 4 nitrogen and oxygen atoms in total. The number of amides is 1. The van der Waals surface area contributed by atoms with Crippen molar-refractivity contribution in [1.82, 2.24) is 6.15 Å². The Morgan fingerprint density at radius 1 is 0.975 bits per heavy atom. The van der Waals surface area contributed by atoms with Gasteiger partial charge in [0, 0.05) is 17.5 Å². The second kappa shape index (κ2) is 13.6. The van der Waals surface area contributed by atoms with Crippen LogP contribution in [0.5, 0.6) is 0 Å². The molecule has 0 saturated heterocycles. The van der Waals surface area contributed by atoms with Gasteiger partial charge in [0.1, 0.15) is 0 Å². The van der Waals surface area contributed by atoms with Crippen LogP contribution in [-0.4, -0.2) is 37.8 Å². The second-order valence-electron chi connectivity index (χ2n) is 8.91. The molecular weight excluding hydrogens is 562 g/mol. The summed E-state index contributed by atoms with van der Waals surface area (Å²) in [7, 11) is 0. The van der Waals surface area contributed by atoms with Crippen molar-refractivity contribution < 1.29 is 53.4 Å². The van der Waals surface area contributed by atoms with Crippen LogP contribution in [0.15, 0.2) is 53.1 Å². The topological polar surface area (TPSA) is 64.5 Å². The van der Waals surface area contributed by atoms with Gasteiger partial charge in [-0.2, -0.15) is 39.5 Å². The number of ether oxygens (including phenoxy) is 1. The van der Waals surface area contributed by atoms with E-state index < -0.39 is 60.3 Å². The number of benzene rings is 1. The molecule has 1 aliphatic carbocycles. The molecule has 2 unspecified atom stereocenters. The van der Waals surface area contributed by atoms with E-state index in [0.717, 1.165) is 18.2 Å². The van der Waals surface area contributed by atoms with Crippen molar-refractivity contribution in [2.45, 2.75) is 70.5 Å². The summed E-state index contributed by atoms with van der Waals surface area (Å²) < 4.78 is 131. The lowest BCUT2D eigenvalue weighted by atomic mass is 9.84. The Morgan fingerprint density at radius 2 is 1.60 bits per heavy atom. The maximum Gasteiger partial charge on any atom is 0.416 e. The monoisotopic (exact) mass is 592 g/mol. The molecule has 1 amide bonds. The number of halogens is 10. The predicted molar refractivity (Wildman–Crippen MR) is 130 cm³/mol. The van der Waals surface area contributed by atoms with E-state index in [-0.39, 0.29) is 42.4 Å². The first-order valence-electron chi connectivity index (χ1n) is 11.9. The van der Waals surface area contributed by atoms with Gasteiger partial charge < -0.3 is 10.9 Å². The highest BCUT2D eigenvalue weighted by molar-refractivity contribution is 5.90. The van der Waals surface area contributed by atoms with Crippen LogP contribution >= 0.6 is 0 Å². The van der Waals surface area contributed by atoms with Crippen LogP contribution in [0.3, 0.4) is 0 Å². The summed E-state index contributed by atoms with van der Waals surface area (Å²) in [4.78, 5) is 13.5. The number of allylic oxidation sites excluding steroid dienone is 6. The van der Waals surface area contributed by atoms with Gasteiger partial charge in [0.2, 0.25) is 0 Å². The highest BCUT2D eigenvalue weighted by Gasteiger charge is 2.40. The Labute approximate surface area is 224 Å². The van der Waals surface area contributed by atoms with Gasteiger partial charge in [-0.05, 0) is 69.0 Å². The Morgan fingerprint density at radius 3 is 2.08 bits per heavy atom. The van der Waals surface area contributed by atoms with Gasteiger partial charge in [-0.3, -0.25) is 9.29 Å². The van der Waals surface area contributed by atoms with Gasteiger partial charge in [0.25, 0.3) is 0 Å². The van der Waals surface area contributed by atoms with Gasteiger partial charge in [-0.15, -0.1) is 0 Å². The lowest BCUT2D eigenvalue weighted by molar-refractivity contribution is -0.137. The molecular formula is C26H30F10N2O2. The first kappa shape index (κ1) is 35.0. The zero-order valence-electron chi connectivity index (χ0n) is 21.9. The van der Waals surface area contributed by atoms with Crippen LogP contribution in [0.4, 0.5) is 54.4 Å².